The van der Waals surface area contributed by atoms with Crippen molar-refractivity contribution in [3.63, 3.8) is 0 Å². The van der Waals surface area contributed by atoms with Crippen molar-refractivity contribution in [2.45, 2.75) is 32.7 Å². The van der Waals surface area contributed by atoms with Gasteiger partial charge in [0, 0.05) is 32.3 Å². The van der Waals surface area contributed by atoms with Gasteiger partial charge in [-0.05, 0) is 34.7 Å². The number of hydrogen-bond acceptors (Lipinski definition) is 5. The van der Waals surface area contributed by atoms with Crippen molar-refractivity contribution in [2.75, 3.05) is 18.4 Å². The van der Waals surface area contributed by atoms with Gasteiger partial charge in [0.15, 0.2) is 5.82 Å². The first-order valence-corrected chi connectivity index (χ1v) is 8.50. The molecule has 2 aromatic rings. The molecule has 2 amide bonds. The van der Waals surface area contributed by atoms with E-state index in [2.05, 4.69) is 36.5 Å². The Labute approximate surface area is 142 Å². The molecule has 8 nitrogen and oxygen atoms in total. The van der Waals surface area contributed by atoms with E-state index in [0.717, 1.165) is 23.9 Å². The van der Waals surface area contributed by atoms with Gasteiger partial charge in [-0.3, -0.25) is 10.00 Å². The first-order chi connectivity index (χ1) is 11.1. The van der Waals surface area contributed by atoms with Crippen LogP contribution in [-0.2, 0) is 13.0 Å². The summed E-state index contributed by atoms with van der Waals surface area (Å²) in [5.74, 6) is 1.12. The molecule has 9 heteroatoms. The maximum atomic E-state index is 12.2. The van der Waals surface area contributed by atoms with Gasteiger partial charge in [-0.1, -0.05) is 12.1 Å². The molecular weight excluding hydrogens is 364 g/mol. The van der Waals surface area contributed by atoms with E-state index in [1.165, 1.54) is 0 Å². The number of amides is 2. The van der Waals surface area contributed by atoms with E-state index in [-0.39, 0.29) is 12.0 Å². The number of aromatic nitrogens is 4. The Morgan fingerprint density at radius 1 is 1.48 bits per heavy atom. The number of aryl methyl sites for hydroxylation is 1. The summed E-state index contributed by atoms with van der Waals surface area (Å²) in [5, 5.41) is 10.7. The summed E-state index contributed by atoms with van der Waals surface area (Å²) in [6.45, 7) is 4.24. The molecule has 0 atom stereocenters. The van der Waals surface area contributed by atoms with Crippen molar-refractivity contribution in [3.8, 4) is 0 Å². The van der Waals surface area contributed by atoms with Crippen LogP contribution in [0.15, 0.2) is 21.4 Å². The number of rotatable bonds is 4. The third-order valence-electron chi connectivity index (χ3n) is 3.95. The van der Waals surface area contributed by atoms with E-state index in [0.29, 0.717) is 31.3 Å². The summed E-state index contributed by atoms with van der Waals surface area (Å²) in [5.41, 5.74) is 0. The second-order valence-electron chi connectivity index (χ2n) is 5.61. The van der Waals surface area contributed by atoms with Crippen LogP contribution in [-0.4, -0.2) is 43.9 Å². The third-order valence-corrected chi connectivity index (χ3v) is 4.36. The first kappa shape index (κ1) is 16.0. The average molecular weight is 383 g/mol. The van der Waals surface area contributed by atoms with E-state index in [9.17, 15) is 4.79 Å². The van der Waals surface area contributed by atoms with E-state index in [1.807, 2.05) is 17.8 Å². The molecule has 0 spiro atoms. The lowest BCUT2D eigenvalue weighted by Gasteiger charge is -2.31. The maximum absolute atomic E-state index is 12.2. The molecule has 0 radical (unpaired) electrons. The zero-order chi connectivity index (χ0) is 16.2. The number of nitrogens with zero attached hydrogens (tertiary/aromatic N) is 5. The summed E-state index contributed by atoms with van der Waals surface area (Å²) in [7, 11) is 0. The van der Waals surface area contributed by atoms with Crippen molar-refractivity contribution in [3.05, 3.63) is 22.7 Å². The minimum Gasteiger partial charge on any atom is -0.324 e. The van der Waals surface area contributed by atoms with Gasteiger partial charge in [-0.15, -0.1) is 0 Å². The monoisotopic (exact) mass is 382 g/mol. The van der Waals surface area contributed by atoms with Crippen molar-refractivity contribution < 1.29 is 9.32 Å². The number of anilines is 1. The number of carbonyl (C=O) groups is 1. The van der Waals surface area contributed by atoms with Gasteiger partial charge >= 0.3 is 12.0 Å². The van der Waals surface area contributed by atoms with Crippen LogP contribution in [0.3, 0.4) is 0 Å². The Bertz CT molecular complexity index is 662. The Kier molecular flexibility index (Phi) is 4.94. The highest BCUT2D eigenvalue weighted by Crippen LogP contribution is 2.20. The van der Waals surface area contributed by atoms with Crippen LogP contribution >= 0.6 is 15.9 Å². The quantitative estimate of drug-likeness (QED) is 0.877. The summed E-state index contributed by atoms with van der Waals surface area (Å²) >= 11 is 3.40. The van der Waals surface area contributed by atoms with E-state index in [1.54, 1.807) is 11.1 Å². The predicted octanol–water partition coefficient (Wildman–Crippen LogP) is 2.54. The number of nitrogens with one attached hydrogen (secondary N) is 1. The highest BCUT2D eigenvalue weighted by molar-refractivity contribution is 9.10. The van der Waals surface area contributed by atoms with Crippen molar-refractivity contribution in [1.29, 1.82) is 0 Å². The normalized spacial score (nSPS) is 15.8. The minimum atomic E-state index is -0.184. The second-order valence-corrected chi connectivity index (χ2v) is 6.53. The Balaban J connectivity index is 1.47. The zero-order valence-corrected chi connectivity index (χ0v) is 14.5. The van der Waals surface area contributed by atoms with Gasteiger partial charge in [0.1, 0.15) is 0 Å². The summed E-state index contributed by atoms with van der Waals surface area (Å²) < 4.78 is 7.91. The van der Waals surface area contributed by atoms with Gasteiger partial charge in [-0.2, -0.15) is 10.1 Å². The van der Waals surface area contributed by atoms with Gasteiger partial charge in [-0.25, -0.2) is 4.79 Å². The molecule has 0 unspecified atom stereocenters. The van der Waals surface area contributed by atoms with Crippen LogP contribution in [0.2, 0.25) is 0 Å². The number of hydrogen-bond donors (Lipinski definition) is 1. The molecule has 0 saturated carbocycles. The Morgan fingerprint density at radius 3 is 2.87 bits per heavy atom. The van der Waals surface area contributed by atoms with Crippen LogP contribution in [0.25, 0.3) is 0 Å². The van der Waals surface area contributed by atoms with E-state index >= 15 is 0 Å². The zero-order valence-electron chi connectivity index (χ0n) is 12.9. The van der Waals surface area contributed by atoms with Crippen molar-refractivity contribution in [2.24, 2.45) is 5.92 Å². The van der Waals surface area contributed by atoms with Gasteiger partial charge < -0.3 is 9.42 Å². The highest BCUT2D eigenvalue weighted by Gasteiger charge is 2.24. The molecule has 0 aliphatic carbocycles. The van der Waals surface area contributed by atoms with Crippen LogP contribution in [0, 0.1) is 5.92 Å². The lowest BCUT2D eigenvalue weighted by atomic mass is 9.97. The predicted molar refractivity (Wildman–Crippen MR) is 86.9 cm³/mol. The molecule has 1 N–H and O–H groups in total. The second kappa shape index (κ2) is 7.12. The Hall–Kier alpha value is -1.90. The molecule has 0 aromatic carbocycles. The molecule has 124 valence electrons. The summed E-state index contributed by atoms with van der Waals surface area (Å²) in [6.07, 6.45) is 6.34. The molecule has 1 fully saturated rings. The Morgan fingerprint density at radius 2 is 2.26 bits per heavy atom. The van der Waals surface area contributed by atoms with Crippen LogP contribution in [0.1, 0.15) is 25.6 Å². The van der Waals surface area contributed by atoms with Gasteiger partial charge in [0.05, 0.1) is 10.7 Å². The van der Waals surface area contributed by atoms with Crippen molar-refractivity contribution >= 4 is 28.0 Å². The SMILES string of the molecule is CCc1noc(NC(=O)N2CCC(Cn3cc(Br)cn3)CC2)n1. The fourth-order valence-electron chi connectivity index (χ4n) is 2.64. The smallest absolute Gasteiger partial charge is 0.324 e. The molecular formula is C14H19BrN6O2. The van der Waals surface area contributed by atoms with E-state index in [4.69, 9.17) is 4.52 Å². The molecule has 3 rings (SSSR count). The standard InChI is InChI=1S/C14H19BrN6O2/c1-2-12-17-13(23-19-12)18-14(22)20-5-3-10(4-6-20)8-21-9-11(15)7-16-21/h7,9-10H,2-6,8H2,1H3,(H,17,18,19,22). The number of carbonyl (C=O) groups excluding carboxylic acids is 1. The highest BCUT2D eigenvalue weighted by atomic mass is 79.9. The first-order valence-electron chi connectivity index (χ1n) is 7.70. The van der Waals surface area contributed by atoms with Gasteiger partial charge in [0.2, 0.25) is 0 Å². The van der Waals surface area contributed by atoms with Crippen LogP contribution < -0.4 is 5.32 Å². The third kappa shape index (κ3) is 4.10. The molecule has 1 aliphatic rings. The van der Waals surface area contributed by atoms with Crippen LogP contribution in [0.4, 0.5) is 10.8 Å². The number of halogens is 1. The molecule has 23 heavy (non-hydrogen) atoms. The number of piperidine rings is 1. The molecule has 2 aromatic heterocycles. The van der Waals surface area contributed by atoms with Crippen molar-refractivity contribution in [1.82, 2.24) is 24.8 Å². The van der Waals surface area contributed by atoms with Gasteiger partial charge in [0.25, 0.3) is 0 Å². The topological polar surface area (TPSA) is 89.1 Å². The maximum Gasteiger partial charge on any atom is 0.329 e. The molecule has 1 aliphatic heterocycles. The fourth-order valence-corrected chi connectivity index (χ4v) is 2.97. The summed E-state index contributed by atoms with van der Waals surface area (Å²) in [4.78, 5) is 18.1. The van der Waals surface area contributed by atoms with Crippen LogP contribution in [0.5, 0.6) is 0 Å². The lowest BCUT2D eigenvalue weighted by Crippen LogP contribution is -2.41. The minimum absolute atomic E-state index is 0.162. The molecule has 0 bridgehead atoms. The average Bonchev–Trinajstić information content (AvgIpc) is 3.17. The number of likely N-dealkylation sites (tertiary alicyclic amines) is 1. The fraction of sp³-hybridized carbons (Fsp3) is 0.571. The molecule has 1 saturated heterocycles. The molecule has 3 heterocycles. The van der Waals surface area contributed by atoms with E-state index < -0.39 is 0 Å². The lowest BCUT2D eigenvalue weighted by molar-refractivity contribution is 0.174. The number of urea groups is 1. The largest absolute Gasteiger partial charge is 0.329 e. The summed E-state index contributed by atoms with van der Waals surface area (Å²) in [6, 6.07) is -0.0213.